The summed E-state index contributed by atoms with van der Waals surface area (Å²) in [5.41, 5.74) is 2.62. The van der Waals surface area contributed by atoms with Crippen molar-refractivity contribution in [3.63, 3.8) is 0 Å². The fourth-order valence-electron chi connectivity index (χ4n) is 3.28. The second kappa shape index (κ2) is 9.89. The average Bonchev–Trinajstić information content (AvgIpc) is 3.18. The lowest BCUT2D eigenvalue weighted by Gasteiger charge is -2.15. The number of halogens is 1. The van der Waals surface area contributed by atoms with E-state index in [2.05, 4.69) is 15.4 Å². The molecule has 0 saturated heterocycles. The van der Waals surface area contributed by atoms with E-state index in [1.807, 2.05) is 27.7 Å². The van der Waals surface area contributed by atoms with Gasteiger partial charge in [-0.25, -0.2) is 18.9 Å². The summed E-state index contributed by atoms with van der Waals surface area (Å²) in [5.74, 6) is -1.19. The van der Waals surface area contributed by atoms with E-state index in [9.17, 15) is 14.0 Å². The molecule has 0 aliphatic heterocycles. The number of pyridine rings is 1. The van der Waals surface area contributed by atoms with Crippen molar-refractivity contribution >= 4 is 22.9 Å². The number of fused-ring (bicyclic) bond motifs is 1. The van der Waals surface area contributed by atoms with Crippen molar-refractivity contribution in [3.8, 4) is 0 Å². The minimum Gasteiger partial charge on any atom is -0.449 e. The number of rotatable bonds is 8. The van der Waals surface area contributed by atoms with Gasteiger partial charge in [0.2, 0.25) is 0 Å². The lowest BCUT2D eigenvalue weighted by atomic mass is 10.1. The Hall–Kier alpha value is -3.29. The van der Waals surface area contributed by atoms with Crippen molar-refractivity contribution in [1.82, 2.24) is 20.1 Å². The fraction of sp³-hybridized carbons (Fsp3) is 0.417. The lowest BCUT2D eigenvalue weighted by Crippen LogP contribution is -2.37. The molecule has 0 aliphatic carbocycles. The average molecular weight is 441 g/mol. The van der Waals surface area contributed by atoms with Crippen molar-refractivity contribution in [2.24, 2.45) is 0 Å². The minimum atomic E-state index is -0.971. The molecule has 170 valence electrons. The van der Waals surface area contributed by atoms with Crippen LogP contribution in [0.2, 0.25) is 0 Å². The summed E-state index contributed by atoms with van der Waals surface area (Å²) in [6, 6.07) is 7.89. The molecule has 0 saturated carbocycles. The Bertz CT molecular complexity index is 1110. The molecule has 3 rings (SSSR count). The van der Waals surface area contributed by atoms with Crippen molar-refractivity contribution < 1.29 is 18.7 Å². The predicted octanol–water partition coefficient (Wildman–Crippen LogP) is 4.18. The van der Waals surface area contributed by atoms with Gasteiger partial charge in [0.25, 0.3) is 5.91 Å². The number of esters is 1. The fourth-order valence-corrected chi connectivity index (χ4v) is 3.28. The van der Waals surface area contributed by atoms with Crippen molar-refractivity contribution in [3.05, 3.63) is 59.2 Å². The Kier molecular flexibility index (Phi) is 7.22. The highest BCUT2D eigenvalue weighted by Crippen LogP contribution is 2.25. The first-order chi connectivity index (χ1) is 15.2. The van der Waals surface area contributed by atoms with Crippen LogP contribution in [0.15, 0.2) is 36.5 Å². The van der Waals surface area contributed by atoms with E-state index in [4.69, 9.17) is 4.74 Å². The van der Waals surface area contributed by atoms with Crippen LogP contribution >= 0.6 is 0 Å². The number of ether oxygens (including phenoxy) is 1. The van der Waals surface area contributed by atoms with Crippen molar-refractivity contribution in [2.75, 3.05) is 6.54 Å². The molecular weight excluding hydrogens is 411 g/mol. The van der Waals surface area contributed by atoms with Crippen LogP contribution in [0.4, 0.5) is 4.39 Å². The van der Waals surface area contributed by atoms with E-state index >= 15 is 0 Å². The topological polar surface area (TPSA) is 86.1 Å². The summed E-state index contributed by atoms with van der Waals surface area (Å²) in [7, 11) is 0. The summed E-state index contributed by atoms with van der Waals surface area (Å²) >= 11 is 0. The highest BCUT2D eigenvalue weighted by atomic mass is 19.1. The number of carbonyl (C=O) groups is 2. The van der Waals surface area contributed by atoms with E-state index in [1.54, 1.807) is 29.1 Å². The van der Waals surface area contributed by atoms with Gasteiger partial charge in [0.1, 0.15) is 5.82 Å². The molecule has 1 unspecified atom stereocenters. The second-order valence-corrected chi connectivity index (χ2v) is 8.38. The second-order valence-electron chi connectivity index (χ2n) is 8.38. The van der Waals surface area contributed by atoms with Crippen LogP contribution in [0.25, 0.3) is 11.0 Å². The molecule has 8 heteroatoms. The van der Waals surface area contributed by atoms with Crippen LogP contribution in [-0.2, 0) is 16.0 Å². The van der Waals surface area contributed by atoms with E-state index in [0.29, 0.717) is 29.6 Å². The van der Waals surface area contributed by atoms with Crippen LogP contribution in [0.5, 0.6) is 0 Å². The third kappa shape index (κ3) is 5.30. The number of amides is 1. The zero-order valence-corrected chi connectivity index (χ0v) is 19.1. The van der Waals surface area contributed by atoms with Crippen LogP contribution in [-0.4, -0.2) is 39.3 Å². The monoisotopic (exact) mass is 440 g/mol. The van der Waals surface area contributed by atoms with Crippen LogP contribution in [0.3, 0.4) is 0 Å². The molecule has 7 nitrogen and oxygen atoms in total. The number of nitrogens with zero attached hydrogens (tertiary/aromatic N) is 3. The normalized spacial score (nSPS) is 12.4. The number of nitrogens with one attached hydrogen (secondary N) is 1. The Labute approximate surface area is 187 Å². The quantitative estimate of drug-likeness (QED) is 0.531. The van der Waals surface area contributed by atoms with E-state index in [0.717, 1.165) is 11.3 Å². The van der Waals surface area contributed by atoms with Crippen molar-refractivity contribution in [2.45, 2.75) is 59.1 Å². The Morgan fingerprint density at radius 3 is 2.44 bits per heavy atom. The third-order valence-electron chi connectivity index (χ3n) is 5.17. The summed E-state index contributed by atoms with van der Waals surface area (Å²) in [6.07, 6.45) is 1.18. The molecule has 0 radical (unpaired) electrons. The van der Waals surface area contributed by atoms with Gasteiger partial charge in [0, 0.05) is 18.3 Å². The van der Waals surface area contributed by atoms with Gasteiger partial charge in [0.15, 0.2) is 11.8 Å². The molecule has 1 aromatic carbocycles. The zero-order chi connectivity index (χ0) is 23.4. The molecule has 0 fully saturated rings. The number of benzene rings is 1. The maximum absolute atomic E-state index is 13.0. The van der Waals surface area contributed by atoms with Crippen LogP contribution in [0, 0.1) is 5.82 Å². The molecule has 0 aliphatic rings. The van der Waals surface area contributed by atoms with E-state index in [-0.39, 0.29) is 17.8 Å². The smallest absolute Gasteiger partial charge is 0.339 e. The Balaban J connectivity index is 1.70. The molecule has 1 amide bonds. The van der Waals surface area contributed by atoms with Gasteiger partial charge >= 0.3 is 5.97 Å². The van der Waals surface area contributed by atoms with Gasteiger partial charge in [-0.2, -0.15) is 5.10 Å². The van der Waals surface area contributed by atoms with Gasteiger partial charge in [-0.05, 0) is 56.9 Å². The highest BCUT2D eigenvalue weighted by molar-refractivity contribution is 6.03. The molecule has 3 aromatic rings. The van der Waals surface area contributed by atoms with E-state index < -0.39 is 18.0 Å². The first-order valence-corrected chi connectivity index (χ1v) is 10.8. The third-order valence-corrected chi connectivity index (χ3v) is 5.17. The molecule has 1 atom stereocenters. The Morgan fingerprint density at radius 2 is 1.81 bits per heavy atom. The van der Waals surface area contributed by atoms with Crippen molar-refractivity contribution in [1.29, 1.82) is 0 Å². The maximum Gasteiger partial charge on any atom is 0.339 e. The standard InChI is InChI=1S/C24H29FN4O3/c1-14(2)21-12-19(20-13-27-29(15(3)4)22(20)28-21)24(31)32-16(5)23(30)26-11-10-17-6-8-18(25)9-7-17/h6-9,12-16H,10-11H2,1-5H3,(H,26,30). The molecule has 2 aromatic heterocycles. The molecular formula is C24H29FN4O3. The van der Waals surface area contributed by atoms with Gasteiger partial charge in [-0.1, -0.05) is 26.0 Å². The maximum atomic E-state index is 13.0. The summed E-state index contributed by atoms with van der Waals surface area (Å²) in [6.45, 7) is 9.86. The molecule has 0 spiro atoms. The number of hydrogen-bond donors (Lipinski definition) is 1. The molecule has 1 N–H and O–H groups in total. The SMILES string of the molecule is CC(OC(=O)c1cc(C(C)C)nc2c1cnn2C(C)C)C(=O)NCCc1ccc(F)cc1. The lowest BCUT2D eigenvalue weighted by molar-refractivity contribution is -0.129. The summed E-state index contributed by atoms with van der Waals surface area (Å²) in [4.78, 5) is 30.0. The van der Waals surface area contributed by atoms with Crippen LogP contribution in [0.1, 0.15) is 68.2 Å². The van der Waals surface area contributed by atoms with Gasteiger partial charge in [0.05, 0.1) is 17.1 Å². The number of hydrogen-bond acceptors (Lipinski definition) is 5. The highest BCUT2D eigenvalue weighted by Gasteiger charge is 2.23. The van der Waals surface area contributed by atoms with E-state index in [1.165, 1.54) is 19.1 Å². The largest absolute Gasteiger partial charge is 0.449 e. The van der Waals surface area contributed by atoms with Gasteiger partial charge < -0.3 is 10.1 Å². The minimum absolute atomic E-state index is 0.0806. The van der Waals surface area contributed by atoms with Crippen LogP contribution < -0.4 is 5.32 Å². The number of aromatic nitrogens is 3. The molecule has 0 bridgehead atoms. The predicted molar refractivity (Wildman–Crippen MR) is 120 cm³/mol. The van der Waals surface area contributed by atoms with Gasteiger partial charge in [-0.3, -0.25) is 4.79 Å². The first kappa shape index (κ1) is 23.4. The number of carbonyl (C=O) groups excluding carboxylic acids is 2. The summed E-state index contributed by atoms with van der Waals surface area (Å²) < 4.78 is 20.2. The van der Waals surface area contributed by atoms with Gasteiger partial charge in [-0.15, -0.1) is 0 Å². The Morgan fingerprint density at radius 1 is 1.12 bits per heavy atom. The zero-order valence-electron chi connectivity index (χ0n) is 19.1. The molecule has 2 heterocycles. The molecule has 32 heavy (non-hydrogen) atoms. The first-order valence-electron chi connectivity index (χ1n) is 10.8. The summed E-state index contributed by atoms with van der Waals surface area (Å²) in [5, 5.41) is 7.71.